The van der Waals surface area contributed by atoms with Crippen LogP contribution in [0.25, 0.3) is 0 Å². The molecule has 0 fully saturated rings. The van der Waals surface area contributed by atoms with Crippen LogP contribution in [0, 0.1) is 5.41 Å². The fraction of sp³-hybridized carbons (Fsp3) is 0.818. The SMILES string of the molecule is CCN(C)C(=O)CCNC(=O)C(C)(C)C. The first kappa shape index (κ1) is 13.9. The lowest BCUT2D eigenvalue weighted by atomic mass is 9.96. The third-order valence-electron chi connectivity index (χ3n) is 2.21. The minimum Gasteiger partial charge on any atom is -0.355 e. The van der Waals surface area contributed by atoms with Gasteiger partial charge in [-0.05, 0) is 6.92 Å². The van der Waals surface area contributed by atoms with E-state index >= 15 is 0 Å². The van der Waals surface area contributed by atoms with Crippen molar-refractivity contribution in [1.82, 2.24) is 10.2 Å². The molecule has 0 bridgehead atoms. The molecule has 0 heterocycles. The van der Waals surface area contributed by atoms with Crippen molar-refractivity contribution in [3.05, 3.63) is 0 Å². The lowest BCUT2D eigenvalue weighted by Crippen LogP contribution is -2.37. The summed E-state index contributed by atoms with van der Waals surface area (Å²) < 4.78 is 0. The maximum Gasteiger partial charge on any atom is 0.225 e. The van der Waals surface area contributed by atoms with Crippen molar-refractivity contribution in [3.8, 4) is 0 Å². The third kappa shape index (κ3) is 5.40. The van der Waals surface area contributed by atoms with Gasteiger partial charge < -0.3 is 10.2 Å². The highest BCUT2D eigenvalue weighted by Gasteiger charge is 2.20. The Balaban J connectivity index is 3.81. The fourth-order valence-electron chi connectivity index (χ4n) is 0.915. The van der Waals surface area contributed by atoms with Gasteiger partial charge in [-0.15, -0.1) is 0 Å². The molecule has 0 saturated heterocycles. The van der Waals surface area contributed by atoms with Gasteiger partial charge in [0, 0.05) is 32.0 Å². The first-order chi connectivity index (χ1) is 6.79. The van der Waals surface area contributed by atoms with Crippen LogP contribution >= 0.6 is 0 Å². The number of nitrogens with zero attached hydrogens (tertiary/aromatic N) is 1. The normalized spacial score (nSPS) is 11.0. The Kier molecular flexibility index (Phi) is 5.33. The topological polar surface area (TPSA) is 49.4 Å². The lowest BCUT2D eigenvalue weighted by Gasteiger charge is -2.18. The fourth-order valence-corrected chi connectivity index (χ4v) is 0.915. The van der Waals surface area contributed by atoms with E-state index in [1.165, 1.54) is 0 Å². The molecule has 1 N–H and O–H groups in total. The molecule has 0 aromatic rings. The highest BCUT2D eigenvalue weighted by atomic mass is 16.2. The molecular formula is C11H22N2O2. The number of hydrogen-bond acceptors (Lipinski definition) is 2. The maximum absolute atomic E-state index is 11.4. The summed E-state index contributed by atoms with van der Waals surface area (Å²) in [5.41, 5.74) is -0.389. The summed E-state index contributed by atoms with van der Waals surface area (Å²) in [4.78, 5) is 24.5. The molecule has 0 aromatic carbocycles. The Bertz CT molecular complexity index is 231. The van der Waals surface area contributed by atoms with E-state index in [4.69, 9.17) is 0 Å². The van der Waals surface area contributed by atoms with Gasteiger partial charge in [-0.1, -0.05) is 20.8 Å². The van der Waals surface area contributed by atoms with Crippen LogP contribution in [0.5, 0.6) is 0 Å². The van der Waals surface area contributed by atoms with E-state index in [-0.39, 0.29) is 17.2 Å². The van der Waals surface area contributed by atoms with Crippen LogP contribution in [0.15, 0.2) is 0 Å². The highest BCUT2D eigenvalue weighted by Crippen LogP contribution is 2.12. The third-order valence-corrected chi connectivity index (χ3v) is 2.21. The summed E-state index contributed by atoms with van der Waals surface area (Å²) in [7, 11) is 1.76. The van der Waals surface area contributed by atoms with Gasteiger partial charge >= 0.3 is 0 Å². The molecule has 4 heteroatoms. The predicted octanol–water partition coefficient (Wildman–Crippen LogP) is 1.02. The second-order valence-electron chi connectivity index (χ2n) is 4.66. The summed E-state index contributed by atoms with van der Waals surface area (Å²) in [6, 6.07) is 0. The summed E-state index contributed by atoms with van der Waals surface area (Å²) >= 11 is 0. The number of carbonyl (C=O) groups is 2. The van der Waals surface area contributed by atoms with Gasteiger partial charge in [-0.3, -0.25) is 9.59 Å². The number of carbonyl (C=O) groups excluding carboxylic acids is 2. The number of rotatable bonds is 4. The highest BCUT2D eigenvalue weighted by molar-refractivity contribution is 5.82. The Morgan fingerprint density at radius 3 is 2.20 bits per heavy atom. The molecule has 15 heavy (non-hydrogen) atoms. The van der Waals surface area contributed by atoms with E-state index in [0.29, 0.717) is 19.5 Å². The zero-order chi connectivity index (χ0) is 12.1. The summed E-state index contributed by atoms with van der Waals surface area (Å²) in [6.07, 6.45) is 0.367. The van der Waals surface area contributed by atoms with Crippen molar-refractivity contribution in [3.63, 3.8) is 0 Å². The molecule has 4 nitrogen and oxygen atoms in total. The molecule has 0 aliphatic carbocycles. The molecule has 0 aliphatic rings. The van der Waals surface area contributed by atoms with Crippen LogP contribution in [0.2, 0.25) is 0 Å². The molecule has 0 aromatic heterocycles. The van der Waals surface area contributed by atoms with Crippen LogP contribution in [0.1, 0.15) is 34.1 Å². The average molecular weight is 214 g/mol. The van der Waals surface area contributed by atoms with Crippen molar-refractivity contribution >= 4 is 11.8 Å². The number of amides is 2. The Hall–Kier alpha value is -1.06. The monoisotopic (exact) mass is 214 g/mol. The number of hydrogen-bond donors (Lipinski definition) is 1. The van der Waals surface area contributed by atoms with E-state index in [1.807, 2.05) is 27.7 Å². The van der Waals surface area contributed by atoms with Crippen molar-refractivity contribution in [2.24, 2.45) is 5.41 Å². The molecule has 0 rings (SSSR count). The van der Waals surface area contributed by atoms with Gasteiger partial charge in [-0.2, -0.15) is 0 Å². The average Bonchev–Trinajstić information content (AvgIpc) is 2.14. The molecule has 0 aliphatic heterocycles. The smallest absolute Gasteiger partial charge is 0.225 e. The van der Waals surface area contributed by atoms with Crippen molar-refractivity contribution in [2.75, 3.05) is 20.1 Å². The van der Waals surface area contributed by atoms with Crippen molar-refractivity contribution in [1.29, 1.82) is 0 Å². The Morgan fingerprint density at radius 1 is 1.27 bits per heavy atom. The first-order valence-corrected chi connectivity index (χ1v) is 5.31. The Labute approximate surface area is 92.0 Å². The molecule has 0 atom stereocenters. The molecule has 0 saturated carbocycles. The second-order valence-corrected chi connectivity index (χ2v) is 4.66. The molecule has 0 unspecified atom stereocenters. The van der Waals surface area contributed by atoms with Gasteiger partial charge in [0.15, 0.2) is 0 Å². The van der Waals surface area contributed by atoms with E-state index in [1.54, 1.807) is 11.9 Å². The molecule has 2 amide bonds. The zero-order valence-corrected chi connectivity index (χ0v) is 10.4. The minimum atomic E-state index is -0.389. The van der Waals surface area contributed by atoms with Gasteiger partial charge in [0.25, 0.3) is 0 Å². The van der Waals surface area contributed by atoms with E-state index in [0.717, 1.165) is 0 Å². The Morgan fingerprint density at radius 2 is 1.80 bits per heavy atom. The van der Waals surface area contributed by atoms with Crippen LogP contribution in [-0.4, -0.2) is 36.9 Å². The largest absolute Gasteiger partial charge is 0.355 e. The van der Waals surface area contributed by atoms with E-state index in [9.17, 15) is 9.59 Å². The van der Waals surface area contributed by atoms with Crippen LogP contribution < -0.4 is 5.32 Å². The van der Waals surface area contributed by atoms with Crippen molar-refractivity contribution < 1.29 is 9.59 Å². The van der Waals surface area contributed by atoms with Gasteiger partial charge in [-0.25, -0.2) is 0 Å². The predicted molar refractivity (Wildman–Crippen MR) is 60.4 cm³/mol. The summed E-state index contributed by atoms with van der Waals surface area (Å²) in [5, 5.41) is 2.75. The van der Waals surface area contributed by atoms with Gasteiger partial charge in [0.2, 0.25) is 11.8 Å². The zero-order valence-electron chi connectivity index (χ0n) is 10.4. The maximum atomic E-state index is 11.4. The molecular weight excluding hydrogens is 192 g/mol. The van der Waals surface area contributed by atoms with E-state index < -0.39 is 0 Å². The standard InChI is InChI=1S/C11H22N2O2/c1-6-13(5)9(14)7-8-12-10(15)11(2,3)4/h6-8H2,1-5H3,(H,12,15). The van der Waals surface area contributed by atoms with E-state index in [2.05, 4.69) is 5.32 Å². The summed E-state index contributed by atoms with van der Waals surface area (Å²) in [6.45, 7) is 8.59. The first-order valence-electron chi connectivity index (χ1n) is 5.31. The van der Waals surface area contributed by atoms with Crippen molar-refractivity contribution in [2.45, 2.75) is 34.1 Å². The quantitative estimate of drug-likeness (QED) is 0.759. The van der Waals surface area contributed by atoms with Gasteiger partial charge in [0.1, 0.15) is 0 Å². The van der Waals surface area contributed by atoms with Crippen LogP contribution in [0.4, 0.5) is 0 Å². The van der Waals surface area contributed by atoms with Crippen LogP contribution in [0.3, 0.4) is 0 Å². The molecule has 88 valence electrons. The minimum absolute atomic E-state index is 0.0190. The van der Waals surface area contributed by atoms with Gasteiger partial charge in [0.05, 0.1) is 0 Å². The summed E-state index contributed by atoms with van der Waals surface area (Å²) in [5.74, 6) is 0.0427. The second kappa shape index (κ2) is 5.73. The number of nitrogens with one attached hydrogen (secondary N) is 1. The molecule has 0 radical (unpaired) electrons. The molecule has 0 spiro atoms. The lowest BCUT2D eigenvalue weighted by molar-refractivity contribution is -0.130. The van der Waals surface area contributed by atoms with Crippen LogP contribution in [-0.2, 0) is 9.59 Å².